The summed E-state index contributed by atoms with van der Waals surface area (Å²) in [5.74, 6) is -0.431. The molecule has 0 fully saturated rings. The molecule has 10 heteroatoms. The zero-order valence-corrected chi connectivity index (χ0v) is 21.0. The molecule has 0 spiro atoms. The highest BCUT2D eigenvalue weighted by molar-refractivity contribution is 7.92. The van der Waals surface area contributed by atoms with Crippen LogP contribution in [-0.2, 0) is 16.6 Å². The van der Waals surface area contributed by atoms with Crippen LogP contribution in [0.25, 0.3) is 0 Å². The summed E-state index contributed by atoms with van der Waals surface area (Å²) in [4.78, 5) is 15.2. The molecule has 0 saturated heterocycles. The van der Waals surface area contributed by atoms with Gasteiger partial charge in [-0.25, -0.2) is 8.42 Å². The average Bonchev–Trinajstić information content (AvgIpc) is 2.80. The number of hydrogen-bond donors (Lipinski definition) is 3. The van der Waals surface area contributed by atoms with E-state index in [-0.39, 0.29) is 26.9 Å². The number of benzene rings is 3. The Morgan fingerprint density at radius 2 is 1.59 bits per heavy atom. The van der Waals surface area contributed by atoms with Gasteiger partial charge in [-0.05, 0) is 73.8 Å². The highest BCUT2D eigenvalue weighted by Crippen LogP contribution is 2.27. The average molecular weight is 522 g/mol. The first-order chi connectivity index (χ1) is 16.1. The van der Waals surface area contributed by atoms with Gasteiger partial charge in [0.15, 0.2) is 0 Å². The molecule has 0 atom stereocenters. The van der Waals surface area contributed by atoms with Crippen LogP contribution in [0.4, 0.5) is 11.4 Å². The summed E-state index contributed by atoms with van der Waals surface area (Å²) in [6, 6.07) is 14.7. The molecule has 3 rings (SSSR count). The molecule has 0 aliphatic rings. The van der Waals surface area contributed by atoms with Gasteiger partial charge in [-0.3, -0.25) is 14.4 Å². The number of phenolic OH excluding ortho intramolecular Hbond substituents is 1. The normalized spacial score (nSPS) is 11.4. The number of amides is 1. The van der Waals surface area contributed by atoms with E-state index >= 15 is 0 Å². The van der Waals surface area contributed by atoms with Gasteiger partial charge in [0.25, 0.3) is 15.9 Å². The van der Waals surface area contributed by atoms with E-state index in [1.54, 1.807) is 12.1 Å². The monoisotopic (exact) mass is 521 g/mol. The van der Waals surface area contributed by atoms with E-state index in [4.69, 9.17) is 23.2 Å². The number of aromatic hydroxyl groups is 1. The lowest BCUT2D eigenvalue weighted by Crippen LogP contribution is -2.22. The fourth-order valence-electron chi connectivity index (χ4n) is 3.29. The summed E-state index contributed by atoms with van der Waals surface area (Å²) in [7, 11) is -3.97. The molecule has 3 N–H and O–H groups in total. The molecular weight excluding hydrogens is 497 g/mol. The number of nitrogens with zero attached hydrogens (tertiary/aromatic N) is 1. The Balaban J connectivity index is 1.87. The van der Waals surface area contributed by atoms with Gasteiger partial charge in [-0.1, -0.05) is 37.0 Å². The maximum Gasteiger partial charge on any atom is 0.261 e. The van der Waals surface area contributed by atoms with Gasteiger partial charge in [-0.2, -0.15) is 0 Å². The Morgan fingerprint density at radius 3 is 2.24 bits per heavy atom. The van der Waals surface area contributed by atoms with Gasteiger partial charge in [0.2, 0.25) is 0 Å². The molecule has 34 heavy (non-hydrogen) atoms. The van der Waals surface area contributed by atoms with Crippen LogP contribution in [0.3, 0.4) is 0 Å². The number of rotatable bonds is 9. The minimum atomic E-state index is -3.97. The van der Waals surface area contributed by atoms with Crippen molar-refractivity contribution in [1.82, 2.24) is 4.90 Å². The fourth-order valence-corrected chi connectivity index (χ4v) is 4.67. The summed E-state index contributed by atoms with van der Waals surface area (Å²) < 4.78 is 28.1. The van der Waals surface area contributed by atoms with Crippen LogP contribution in [0.5, 0.6) is 5.75 Å². The second-order valence-corrected chi connectivity index (χ2v) is 10.1. The third kappa shape index (κ3) is 6.42. The molecule has 0 radical (unpaired) electrons. The lowest BCUT2D eigenvalue weighted by atomic mass is 10.1. The predicted octanol–water partition coefficient (Wildman–Crippen LogP) is 5.59. The highest BCUT2D eigenvalue weighted by atomic mass is 35.5. The van der Waals surface area contributed by atoms with E-state index in [1.807, 2.05) is 13.8 Å². The van der Waals surface area contributed by atoms with Crippen LogP contribution in [0, 0.1) is 0 Å². The van der Waals surface area contributed by atoms with Crippen molar-refractivity contribution in [3.63, 3.8) is 0 Å². The van der Waals surface area contributed by atoms with Crippen molar-refractivity contribution < 1.29 is 18.3 Å². The first kappa shape index (κ1) is 25.8. The summed E-state index contributed by atoms with van der Waals surface area (Å²) in [6.07, 6.45) is 0. The van der Waals surface area contributed by atoms with Gasteiger partial charge in [-0.15, -0.1) is 0 Å². The molecule has 3 aromatic rings. The maximum absolute atomic E-state index is 13.1. The largest absolute Gasteiger partial charge is 0.508 e. The minimum absolute atomic E-state index is 0.00205. The number of halogens is 2. The molecule has 1 amide bonds. The molecule has 180 valence electrons. The molecule has 0 aromatic heterocycles. The number of carbonyl (C=O) groups excluding carboxylic acids is 1. The Kier molecular flexibility index (Phi) is 8.43. The van der Waals surface area contributed by atoms with Crippen molar-refractivity contribution >= 4 is 50.5 Å². The molecule has 0 aliphatic carbocycles. The smallest absolute Gasteiger partial charge is 0.261 e. The zero-order valence-electron chi connectivity index (χ0n) is 18.7. The number of sulfonamides is 1. The van der Waals surface area contributed by atoms with E-state index in [9.17, 15) is 18.3 Å². The number of nitrogens with one attached hydrogen (secondary N) is 2. The lowest BCUT2D eigenvalue weighted by molar-refractivity contribution is 0.102. The van der Waals surface area contributed by atoms with Gasteiger partial charge in [0, 0.05) is 27.8 Å². The van der Waals surface area contributed by atoms with Gasteiger partial charge in [0.05, 0.1) is 16.1 Å². The van der Waals surface area contributed by atoms with Crippen molar-refractivity contribution in [3.8, 4) is 5.75 Å². The van der Waals surface area contributed by atoms with Crippen molar-refractivity contribution in [2.75, 3.05) is 23.1 Å². The highest BCUT2D eigenvalue weighted by Gasteiger charge is 2.20. The number of anilines is 2. The number of phenols is 1. The number of carbonyl (C=O) groups is 1. The van der Waals surface area contributed by atoms with Crippen molar-refractivity contribution in [3.05, 3.63) is 81.8 Å². The van der Waals surface area contributed by atoms with E-state index in [1.165, 1.54) is 48.5 Å². The molecule has 0 unspecified atom stereocenters. The third-order valence-corrected chi connectivity index (χ3v) is 7.09. The van der Waals surface area contributed by atoms with E-state index in [0.717, 1.165) is 13.1 Å². The zero-order chi connectivity index (χ0) is 24.9. The SMILES string of the molecule is CCN(CC)Cc1cc(NC(=O)c2cc(Cl)ccc2NS(=O)(=O)c2ccc(Cl)cc2)ccc1O. The number of hydrogen-bond acceptors (Lipinski definition) is 5. The summed E-state index contributed by atoms with van der Waals surface area (Å²) in [5, 5.41) is 13.6. The summed E-state index contributed by atoms with van der Waals surface area (Å²) in [6.45, 7) is 6.19. The standard InChI is InChI=1S/C24H25Cl2N3O4S/c1-3-29(4-2)15-16-13-19(8-12-23(16)30)27-24(31)21-14-18(26)7-11-22(21)28-34(32,33)20-9-5-17(25)6-10-20/h5-14,28,30H,3-4,15H2,1-2H3,(H,27,31). The van der Waals surface area contributed by atoms with E-state index in [0.29, 0.717) is 22.8 Å². The molecule has 3 aromatic carbocycles. The molecule has 0 saturated carbocycles. The van der Waals surface area contributed by atoms with E-state index in [2.05, 4.69) is 14.9 Å². The molecule has 0 heterocycles. The van der Waals surface area contributed by atoms with Crippen LogP contribution in [0.1, 0.15) is 29.8 Å². The Hall–Kier alpha value is -2.78. The fraction of sp³-hybridized carbons (Fsp3) is 0.208. The Morgan fingerprint density at radius 1 is 0.941 bits per heavy atom. The third-order valence-electron chi connectivity index (χ3n) is 5.22. The van der Waals surface area contributed by atoms with Crippen molar-refractivity contribution in [2.45, 2.75) is 25.3 Å². The van der Waals surface area contributed by atoms with Crippen molar-refractivity contribution in [2.24, 2.45) is 0 Å². The van der Waals surface area contributed by atoms with Crippen LogP contribution < -0.4 is 10.0 Å². The second-order valence-electron chi connectivity index (χ2n) is 7.51. The molecule has 7 nitrogen and oxygen atoms in total. The van der Waals surface area contributed by atoms with Gasteiger partial charge in [0.1, 0.15) is 5.75 Å². The second kappa shape index (κ2) is 11.1. The van der Waals surface area contributed by atoms with Gasteiger partial charge < -0.3 is 10.4 Å². The van der Waals surface area contributed by atoms with E-state index < -0.39 is 15.9 Å². The van der Waals surface area contributed by atoms with Crippen LogP contribution in [0.2, 0.25) is 10.0 Å². The van der Waals surface area contributed by atoms with Crippen LogP contribution >= 0.6 is 23.2 Å². The predicted molar refractivity (Wildman–Crippen MR) is 136 cm³/mol. The molecule has 0 bridgehead atoms. The summed E-state index contributed by atoms with van der Waals surface area (Å²) >= 11 is 11.9. The van der Waals surface area contributed by atoms with Gasteiger partial charge >= 0.3 is 0 Å². The topological polar surface area (TPSA) is 98.7 Å². The van der Waals surface area contributed by atoms with Crippen molar-refractivity contribution in [1.29, 1.82) is 0 Å². The van der Waals surface area contributed by atoms with Crippen LogP contribution in [-0.4, -0.2) is 37.4 Å². The maximum atomic E-state index is 13.1. The molecular formula is C24H25Cl2N3O4S. The first-order valence-corrected chi connectivity index (χ1v) is 12.8. The minimum Gasteiger partial charge on any atom is -0.508 e. The molecule has 0 aliphatic heterocycles. The quantitative estimate of drug-likeness (QED) is 0.318. The summed E-state index contributed by atoms with van der Waals surface area (Å²) in [5.41, 5.74) is 1.23. The Labute approximate surface area is 209 Å². The van der Waals surface area contributed by atoms with Crippen LogP contribution in [0.15, 0.2) is 65.6 Å². The Bertz CT molecular complexity index is 1280. The lowest BCUT2D eigenvalue weighted by Gasteiger charge is -2.19. The first-order valence-electron chi connectivity index (χ1n) is 10.6.